The van der Waals surface area contributed by atoms with E-state index < -0.39 is 52.7 Å². The van der Waals surface area contributed by atoms with Gasteiger partial charge < -0.3 is 23.9 Å². The van der Waals surface area contributed by atoms with E-state index in [4.69, 9.17) is 14.1 Å². The molecule has 16 nitrogen and oxygen atoms in total. The van der Waals surface area contributed by atoms with Crippen LogP contribution in [0.15, 0.2) is 0 Å². The quantitative estimate of drug-likeness (QED) is 0.115. The summed E-state index contributed by atoms with van der Waals surface area (Å²) >= 11 is 0. The molecule has 2 bridgehead atoms. The first-order valence-corrected chi connectivity index (χ1v) is 20.7. The van der Waals surface area contributed by atoms with Gasteiger partial charge in [0.05, 0.1) is 32.2 Å². The average Bonchev–Trinajstić information content (AvgIpc) is 3.23. The van der Waals surface area contributed by atoms with Crippen molar-refractivity contribution in [3.8, 4) is 0 Å². The molecule has 0 radical (unpaired) electrons. The van der Waals surface area contributed by atoms with Crippen LogP contribution in [0.2, 0.25) is 0 Å². The van der Waals surface area contributed by atoms with Crippen LogP contribution in [0.25, 0.3) is 0 Å². The van der Waals surface area contributed by atoms with Crippen molar-refractivity contribution in [2.24, 2.45) is 0 Å². The Hall–Kier alpha value is -2.73. The molecule has 3 saturated heterocycles. The van der Waals surface area contributed by atoms with Crippen LogP contribution >= 0.6 is 0 Å². The number of unbranched alkanes of at least 4 members (excludes halogenated alkanes) is 4. The monoisotopic (exact) mass is 763 g/mol. The van der Waals surface area contributed by atoms with E-state index in [1.807, 2.05) is 0 Å². The van der Waals surface area contributed by atoms with Gasteiger partial charge in [0.25, 0.3) is 11.8 Å². The van der Waals surface area contributed by atoms with Crippen molar-refractivity contribution in [3.05, 3.63) is 0 Å². The summed E-state index contributed by atoms with van der Waals surface area (Å²) in [5, 5.41) is 0.535. The Kier molecular flexibility index (Phi) is 19.1. The Morgan fingerprint density at radius 2 is 1.37 bits per heavy atom. The number of amides is 5. The van der Waals surface area contributed by atoms with Crippen LogP contribution in [0.4, 0.5) is 9.59 Å². The summed E-state index contributed by atoms with van der Waals surface area (Å²) in [5.74, 6) is -1.06. The lowest BCUT2D eigenvalue weighted by Crippen LogP contribution is -2.50. The fourth-order valence-corrected chi connectivity index (χ4v) is 7.14. The number of nitrogens with zero attached hydrogens (tertiary/aromatic N) is 5. The normalized spacial score (nSPS) is 19.6. The number of urea groups is 1. The highest BCUT2D eigenvalue weighted by Gasteiger charge is 2.49. The molecule has 3 aliphatic heterocycles. The van der Waals surface area contributed by atoms with Crippen molar-refractivity contribution in [2.75, 3.05) is 65.5 Å². The molecule has 3 heterocycles. The highest BCUT2D eigenvalue weighted by molar-refractivity contribution is 7.80. The first kappa shape index (κ1) is 45.4. The van der Waals surface area contributed by atoms with E-state index in [-0.39, 0.29) is 31.8 Å². The standard InChI is InChI=1S/C19H31N5O10S.C16H36N/c1-19(2,3)33-18(28)22-8-4-7-21(9-10-22)15(25)12-32-20-16(26)14-6-5-13-11-23(14)17(27)24(13)34-35(29,30)31;1-5-9-13-17(14-10-6-2,15-11-7-3)16-12-8-4/h13-14H,4-12H2,1-3H3,(H,20,26)(H,29,30,31);5-16H2,1-4H3/q;+1/t13-,14+;/m1./s1. The third-order valence-electron chi connectivity index (χ3n) is 9.61. The number of ether oxygens (including phenoxy) is 1. The third-order valence-corrected chi connectivity index (χ3v) is 9.96. The maximum absolute atomic E-state index is 12.5. The Balaban J connectivity index is 0.000000465. The maximum atomic E-state index is 12.5. The van der Waals surface area contributed by atoms with Crippen LogP contribution in [0.1, 0.15) is 119 Å². The van der Waals surface area contributed by atoms with Gasteiger partial charge >= 0.3 is 22.5 Å². The lowest BCUT2D eigenvalue weighted by Gasteiger charge is -2.39. The lowest BCUT2D eigenvalue weighted by atomic mass is 10.0. The average molecular weight is 764 g/mol. The summed E-state index contributed by atoms with van der Waals surface area (Å²) in [5.41, 5.74) is 1.55. The van der Waals surface area contributed by atoms with Gasteiger partial charge in [-0.25, -0.2) is 15.1 Å². The van der Waals surface area contributed by atoms with E-state index in [2.05, 4.69) is 37.5 Å². The number of carbonyl (C=O) groups excluding carboxylic acids is 4. The van der Waals surface area contributed by atoms with Gasteiger partial charge in [0, 0.05) is 32.7 Å². The van der Waals surface area contributed by atoms with Gasteiger partial charge in [-0.1, -0.05) is 53.4 Å². The number of hydrogen-bond donors (Lipinski definition) is 2. The summed E-state index contributed by atoms with van der Waals surface area (Å²) in [6, 6.07) is -2.45. The Bertz CT molecular complexity index is 1210. The van der Waals surface area contributed by atoms with Gasteiger partial charge in [-0.3, -0.25) is 19.0 Å². The first-order chi connectivity index (χ1) is 24.5. The zero-order valence-electron chi connectivity index (χ0n) is 32.8. The number of quaternary nitrogens is 1. The van der Waals surface area contributed by atoms with Crippen molar-refractivity contribution in [1.29, 1.82) is 0 Å². The second kappa shape index (κ2) is 21.8. The van der Waals surface area contributed by atoms with Crippen molar-refractivity contribution in [1.82, 2.24) is 25.2 Å². The van der Waals surface area contributed by atoms with E-state index in [1.165, 1.54) is 86.9 Å². The fraction of sp³-hybridized carbons (Fsp3) is 0.886. The van der Waals surface area contributed by atoms with Crippen LogP contribution in [0, 0.1) is 0 Å². The number of nitrogens with one attached hydrogen (secondary N) is 1. The summed E-state index contributed by atoms with van der Waals surface area (Å²) < 4.78 is 41.9. The van der Waals surface area contributed by atoms with Crippen molar-refractivity contribution in [3.63, 3.8) is 0 Å². The van der Waals surface area contributed by atoms with Gasteiger partial charge in [0.15, 0.2) is 6.61 Å². The Labute approximate surface area is 311 Å². The van der Waals surface area contributed by atoms with Crippen molar-refractivity contribution >= 4 is 34.3 Å². The second-order valence-electron chi connectivity index (χ2n) is 15.1. The summed E-state index contributed by atoms with van der Waals surface area (Å²) in [4.78, 5) is 58.9. The second-order valence-corrected chi connectivity index (χ2v) is 16.1. The minimum atomic E-state index is -4.89. The predicted molar refractivity (Wildman–Crippen MR) is 196 cm³/mol. The third kappa shape index (κ3) is 15.3. The van der Waals surface area contributed by atoms with Crippen LogP contribution in [0.3, 0.4) is 0 Å². The molecule has 3 rings (SSSR count). The minimum absolute atomic E-state index is 0.0350. The van der Waals surface area contributed by atoms with E-state index in [1.54, 1.807) is 25.7 Å². The van der Waals surface area contributed by atoms with Gasteiger partial charge in [0.1, 0.15) is 11.6 Å². The fourth-order valence-electron chi connectivity index (χ4n) is 6.75. The van der Waals surface area contributed by atoms with Crippen LogP contribution < -0.4 is 5.48 Å². The number of hydroxylamine groups is 3. The van der Waals surface area contributed by atoms with Crippen LogP contribution in [0.5, 0.6) is 0 Å². The highest BCUT2D eigenvalue weighted by Crippen LogP contribution is 2.30. The Morgan fingerprint density at radius 1 is 0.846 bits per heavy atom. The molecule has 5 amide bonds. The Morgan fingerprint density at radius 3 is 1.87 bits per heavy atom. The number of fused-ring (bicyclic) bond motifs is 2. The zero-order chi connectivity index (χ0) is 39.0. The molecular formula is C35H67N6O10S+. The largest absolute Gasteiger partial charge is 0.444 e. The number of hydrogen-bond acceptors (Lipinski definition) is 9. The summed E-state index contributed by atoms with van der Waals surface area (Å²) in [6.07, 6.45) is 11.6. The molecule has 0 unspecified atom stereocenters. The minimum Gasteiger partial charge on any atom is -0.444 e. The van der Waals surface area contributed by atoms with Gasteiger partial charge in [-0.15, -0.1) is 4.28 Å². The molecule has 0 aromatic rings. The van der Waals surface area contributed by atoms with Gasteiger partial charge in [-0.05, 0) is 65.7 Å². The van der Waals surface area contributed by atoms with Gasteiger partial charge in [0.2, 0.25) is 0 Å². The van der Waals surface area contributed by atoms with Crippen molar-refractivity contribution < 1.29 is 50.5 Å². The SMILES string of the molecule is CC(C)(C)OC(=O)N1CCCN(C(=O)CONC(=O)[C@@H]2CC[C@@H]3CN2C(=O)N3OS(=O)(=O)O)CC1.CCCC[N+](CCCC)(CCCC)CCCC. The maximum Gasteiger partial charge on any atom is 0.418 e. The molecule has 52 heavy (non-hydrogen) atoms. The molecule has 0 aliphatic carbocycles. The van der Waals surface area contributed by atoms with E-state index in [9.17, 15) is 27.6 Å². The molecular weight excluding hydrogens is 696 g/mol. The molecule has 302 valence electrons. The number of carbonyl (C=O) groups is 4. The molecule has 0 saturated carbocycles. The smallest absolute Gasteiger partial charge is 0.418 e. The highest BCUT2D eigenvalue weighted by atomic mass is 32.3. The lowest BCUT2D eigenvalue weighted by molar-refractivity contribution is -0.929. The van der Waals surface area contributed by atoms with Gasteiger partial charge in [-0.2, -0.15) is 13.5 Å². The molecule has 0 spiro atoms. The molecule has 17 heteroatoms. The van der Waals surface area contributed by atoms with Crippen molar-refractivity contribution in [2.45, 2.75) is 137 Å². The first-order valence-electron chi connectivity index (χ1n) is 19.3. The van der Waals surface area contributed by atoms with E-state index in [0.29, 0.717) is 31.1 Å². The van der Waals surface area contributed by atoms with Crippen LogP contribution in [-0.4, -0.2) is 144 Å². The molecule has 0 aromatic carbocycles. The molecule has 3 fully saturated rings. The molecule has 0 aromatic heterocycles. The summed E-state index contributed by atoms with van der Waals surface area (Å²) in [6.45, 7) is 21.4. The van der Waals surface area contributed by atoms with Crippen LogP contribution in [-0.2, 0) is 33.8 Å². The molecule has 3 aliphatic rings. The predicted octanol–water partition coefficient (Wildman–Crippen LogP) is 4.51. The zero-order valence-corrected chi connectivity index (χ0v) is 33.6. The molecule has 2 N–H and O–H groups in total. The number of piperidine rings is 1. The van der Waals surface area contributed by atoms with E-state index in [0.717, 1.165) is 4.90 Å². The topological polar surface area (TPSA) is 175 Å². The number of rotatable bonds is 18. The summed E-state index contributed by atoms with van der Waals surface area (Å²) in [7, 11) is -4.89. The van der Waals surface area contributed by atoms with E-state index >= 15 is 0 Å². The molecule has 2 atom stereocenters.